The molecule has 2 aliphatic carbocycles. The minimum Gasteiger partial charge on any atom is -0.388 e. The van der Waals surface area contributed by atoms with Crippen LogP contribution < -0.4 is 54.0 Å². The first-order valence-corrected chi connectivity index (χ1v) is 24.3. The third-order valence-corrected chi connectivity index (χ3v) is 13.4. The number of aryl methyl sites for hydroxylation is 6. The van der Waals surface area contributed by atoms with Gasteiger partial charge in [0.25, 0.3) is 35.4 Å². The Kier molecular flexibility index (Phi) is 15.2. The molecule has 2 aliphatic rings. The predicted octanol–water partition coefficient (Wildman–Crippen LogP) is 2.85. The molecular formula is C51H60N18O8. The van der Waals surface area contributed by atoms with Crippen molar-refractivity contribution in [3.05, 3.63) is 120 Å². The van der Waals surface area contributed by atoms with E-state index in [0.29, 0.717) is 40.5 Å². The molecular weight excluding hydrogens is 993 g/mol. The van der Waals surface area contributed by atoms with Crippen LogP contribution in [0.25, 0.3) is 0 Å². The number of amides is 8. The van der Waals surface area contributed by atoms with Crippen LogP contribution in [-0.4, -0.2) is 99.4 Å². The van der Waals surface area contributed by atoms with E-state index in [0.717, 1.165) is 0 Å². The van der Waals surface area contributed by atoms with E-state index in [1.165, 1.54) is 45.5 Å². The van der Waals surface area contributed by atoms with Crippen LogP contribution in [0.4, 0.5) is 34.1 Å². The van der Waals surface area contributed by atoms with Gasteiger partial charge in [-0.25, -0.2) is 0 Å². The molecule has 2 bridgehead atoms. The molecule has 0 aliphatic heterocycles. The van der Waals surface area contributed by atoms with E-state index < -0.39 is 59.1 Å². The lowest BCUT2D eigenvalue weighted by Gasteiger charge is -2.26. The number of nitrogens with one attached hydrogen (secondary N) is 10. The maximum atomic E-state index is 14.1. The number of carbonyl (C=O) groups is 8. The Morgan fingerprint density at radius 1 is 0.416 bits per heavy atom. The average molecular weight is 1050 g/mol. The van der Waals surface area contributed by atoms with E-state index >= 15 is 0 Å². The van der Waals surface area contributed by atoms with Crippen molar-refractivity contribution in [2.24, 2.45) is 77.4 Å². The molecule has 402 valence electrons. The zero-order valence-electron chi connectivity index (χ0n) is 43.0. The van der Waals surface area contributed by atoms with E-state index in [1.807, 2.05) is 12.2 Å². The fourth-order valence-electron chi connectivity index (χ4n) is 9.72. The SMILES string of the molecule is Cn1cc(NC(=O)c2cc(NC(=O)c3cc(NC(=O)[C@@H]4C5C=CC(C5)[C@H]4C(=O)Nc4cc(C(=O)Nc5cc(C(=O)Nc6cc(C(=O)NCCC(=N)N)n(C)c6)n(C)c5)n(C)c4)cn3C)cn2C)cc1C(=O)NCCC(=N)N. The summed E-state index contributed by atoms with van der Waals surface area (Å²) in [7, 11) is 9.86. The maximum Gasteiger partial charge on any atom is 0.272 e. The number of nitrogens with two attached hydrogens (primary N) is 2. The molecule has 1 fully saturated rings. The van der Waals surface area contributed by atoms with Gasteiger partial charge in [0.05, 0.1) is 57.6 Å². The topological polar surface area (TPSA) is 362 Å². The number of hydrogen-bond acceptors (Lipinski definition) is 10. The molecule has 26 heteroatoms. The van der Waals surface area contributed by atoms with E-state index in [1.54, 1.807) is 97.7 Å². The second-order valence-corrected chi connectivity index (χ2v) is 19.2. The average Bonchev–Trinajstić information content (AvgIpc) is 4.24. The number of aromatic nitrogens is 6. The minimum absolute atomic E-state index is 0.0535. The monoisotopic (exact) mass is 1050 g/mol. The zero-order valence-corrected chi connectivity index (χ0v) is 43.0. The van der Waals surface area contributed by atoms with Gasteiger partial charge in [-0.3, -0.25) is 49.2 Å². The van der Waals surface area contributed by atoms with Crippen molar-refractivity contribution < 1.29 is 38.4 Å². The fraction of sp³-hybridized carbons (Fsp3) is 0.294. The van der Waals surface area contributed by atoms with Gasteiger partial charge in [-0.15, -0.1) is 0 Å². The summed E-state index contributed by atoms with van der Waals surface area (Å²) in [4.78, 5) is 107. The summed E-state index contributed by atoms with van der Waals surface area (Å²) < 4.78 is 9.26. The Hall–Kier alpha value is -9.88. The van der Waals surface area contributed by atoms with Gasteiger partial charge in [0.2, 0.25) is 11.8 Å². The molecule has 0 aromatic carbocycles. The molecule has 26 nitrogen and oxygen atoms in total. The van der Waals surface area contributed by atoms with Gasteiger partial charge >= 0.3 is 0 Å². The second-order valence-electron chi connectivity index (χ2n) is 19.2. The van der Waals surface area contributed by atoms with E-state index in [2.05, 4.69) is 42.5 Å². The number of fused-ring (bicyclic) bond motifs is 2. The molecule has 0 saturated heterocycles. The number of nitrogens with zero attached hydrogens (tertiary/aromatic N) is 6. The van der Waals surface area contributed by atoms with Crippen LogP contribution in [0.3, 0.4) is 0 Å². The quantitative estimate of drug-likeness (QED) is 0.0301. The van der Waals surface area contributed by atoms with Gasteiger partial charge in [-0.05, 0) is 54.7 Å². The highest BCUT2D eigenvalue weighted by Crippen LogP contribution is 2.49. The summed E-state index contributed by atoms with van der Waals surface area (Å²) in [6.45, 7) is 0.373. The van der Waals surface area contributed by atoms with Crippen LogP contribution in [0.5, 0.6) is 0 Å². The smallest absolute Gasteiger partial charge is 0.272 e. The lowest BCUT2D eigenvalue weighted by Crippen LogP contribution is -2.39. The summed E-state index contributed by atoms with van der Waals surface area (Å²) in [5.74, 6) is -5.65. The normalized spacial score (nSPS) is 16.1. The van der Waals surface area contributed by atoms with Gasteiger partial charge < -0.3 is 81.4 Å². The number of hydrogen-bond donors (Lipinski definition) is 12. The van der Waals surface area contributed by atoms with Crippen molar-refractivity contribution in [2.75, 3.05) is 45.0 Å². The highest BCUT2D eigenvalue weighted by Gasteiger charge is 2.51. The molecule has 6 aromatic heterocycles. The number of carbonyl (C=O) groups excluding carboxylic acids is 8. The van der Waals surface area contributed by atoms with Crippen molar-refractivity contribution in [1.82, 2.24) is 38.0 Å². The van der Waals surface area contributed by atoms with Crippen molar-refractivity contribution in [2.45, 2.75) is 19.3 Å². The molecule has 2 unspecified atom stereocenters. The Morgan fingerprint density at radius 2 is 0.649 bits per heavy atom. The van der Waals surface area contributed by atoms with Gasteiger partial charge in [0, 0.05) is 105 Å². The summed E-state index contributed by atoms with van der Waals surface area (Å²) in [5, 5.41) is 37.0. The molecule has 4 atom stereocenters. The van der Waals surface area contributed by atoms with Gasteiger partial charge in [-0.2, -0.15) is 0 Å². The predicted molar refractivity (Wildman–Crippen MR) is 287 cm³/mol. The van der Waals surface area contributed by atoms with Crippen LogP contribution in [0.2, 0.25) is 0 Å². The maximum absolute atomic E-state index is 14.1. The lowest BCUT2D eigenvalue weighted by molar-refractivity contribution is -0.129. The van der Waals surface area contributed by atoms with Crippen molar-refractivity contribution in [3.8, 4) is 0 Å². The largest absolute Gasteiger partial charge is 0.388 e. The van der Waals surface area contributed by atoms with Crippen molar-refractivity contribution in [1.29, 1.82) is 10.8 Å². The second kappa shape index (κ2) is 21.9. The number of allylic oxidation sites excluding steroid dienone is 2. The summed E-state index contributed by atoms with van der Waals surface area (Å²) >= 11 is 0. The highest BCUT2D eigenvalue weighted by atomic mass is 16.2. The lowest BCUT2D eigenvalue weighted by atomic mass is 9.81. The molecule has 0 radical (unpaired) electrons. The first-order chi connectivity index (χ1) is 36.5. The molecule has 8 amide bonds. The number of amidine groups is 2. The van der Waals surface area contributed by atoms with Gasteiger partial charge in [0.1, 0.15) is 34.2 Å². The minimum atomic E-state index is -0.739. The highest BCUT2D eigenvalue weighted by molar-refractivity contribution is 6.10. The first-order valence-electron chi connectivity index (χ1n) is 24.3. The molecule has 77 heavy (non-hydrogen) atoms. The van der Waals surface area contributed by atoms with Gasteiger partial charge in [0.15, 0.2) is 0 Å². The fourth-order valence-corrected chi connectivity index (χ4v) is 9.72. The van der Waals surface area contributed by atoms with E-state index in [4.69, 9.17) is 22.3 Å². The number of rotatable bonds is 20. The Bertz CT molecular complexity index is 3210. The third kappa shape index (κ3) is 11.9. The zero-order chi connectivity index (χ0) is 55.6. The number of anilines is 6. The Morgan fingerprint density at radius 3 is 0.896 bits per heavy atom. The summed E-state index contributed by atoms with van der Waals surface area (Å²) in [6, 6.07) is 9.04. The molecule has 6 aromatic rings. The standard InChI is InChI=1S/C51H60N18O8/c1-64-20-28(14-34(64)44(70)56-11-9-40(52)53)58-46(72)36-16-30(22-66(36)3)60-48(74)38-18-32(24-68(38)5)62-50(76)42-26-7-8-27(13-26)43(42)51(77)63-33-19-39(69(6)25-33)49(75)61-31-17-37(67(4)23-31)47(73)59-29-15-35(65(2)21-29)45(71)57-12-10-41(54)55/h7-8,14-27,42-43H,9-13H2,1-6H3,(H3,52,53)(H3,54,55)(H,56,70)(H,57,71)(H,58,72)(H,59,73)(H,60,74)(H,61,75)(H,62,76)(H,63,77)/t26?,27?,42-,43-/m1/s1. The van der Waals surface area contributed by atoms with E-state index in [9.17, 15) is 38.4 Å². The van der Waals surface area contributed by atoms with Crippen LogP contribution in [-0.2, 0) is 51.9 Å². The van der Waals surface area contributed by atoms with Crippen LogP contribution >= 0.6 is 0 Å². The Balaban J connectivity index is 0.850. The van der Waals surface area contributed by atoms with Crippen LogP contribution in [0.1, 0.15) is 82.2 Å². The van der Waals surface area contributed by atoms with Crippen molar-refractivity contribution >= 4 is 93.1 Å². The summed E-state index contributed by atoms with van der Waals surface area (Å²) in [6.07, 6.45) is 14.3. The first kappa shape index (κ1) is 53.4. The Labute approximate surface area is 440 Å². The van der Waals surface area contributed by atoms with Crippen molar-refractivity contribution in [3.63, 3.8) is 0 Å². The van der Waals surface area contributed by atoms with E-state index in [-0.39, 0.29) is 83.6 Å². The molecule has 1 saturated carbocycles. The molecule has 8 rings (SSSR count). The molecule has 6 heterocycles. The molecule has 14 N–H and O–H groups in total. The van der Waals surface area contributed by atoms with Crippen LogP contribution in [0, 0.1) is 34.5 Å². The molecule has 0 spiro atoms. The van der Waals surface area contributed by atoms with Gasteiger partial charge in [-0.1, -0.05) is 12.2 Å². The summed E-state index contributed by atoms with van der Waals surface area (Å²) in [5.41, 5.74) is 14.2. The third-order valence-electron chi connectivity index (χ3n) is 13.4. The van der Waals surface area contributed by atoms with Crippen LogP contribution in [0.15, 0.2) is 85.7 Å².